The summed E-state index contributed by atoms with van der Waals surface area (Å²) in [4.78, 5) is 12.6. The molecule has 0 spiro atoms. The van der Waals surface area contributed by atoms with Crippen molar-refractivity contribution in [3.05, 3.63) is 12.3 Å². The molecule has 2 rings (SSSR count). The monoisotopic (exact) mass is 274 g/mol. The van der Waals surface area contributed by atoms with Crippen LogP contribution in [0, 0.1) is 16.7 Å². The van der Waals surface area contributed by atoms with Crippen LogP contribution < -0.4 is 5.32 Å². The van der Waals surface area contributed by atoms with E-state index in [-0.39, 0.29) is 11.9 Å². The number of nitrogens with zero attached hydrogens (tertiary/aromatic N) is 3. The van der Waals surface area contributed by atoms with Crippen LogP contribution in [0.15, 0.2) is 12.3 Å². The van der Waals surface area contributed by atoms with Crippen molar-refractivity contribution in [3.8, 4) is 6.07 Å². The lowest BCUT2D eigenvalue weighted by molar-refractivity contribution is -0.123. The van der Waals surface area contributed by atoms with Crippen LogP contribution in [-0.2, 0) is 4.79 Å². The molecule has 5 nitrogen and oxygen atoms in total. The van der Waals surface area contributed by atoms with Crippen molar-refractivity contribution in [2.45, 2.75) is 58.4 Å². The minimum absolute atomic E-state index is 0.174. The molecule has 1 aromatic heterocycles. The third-order valence-corrected chi connectivity index (χ3v) is 4.01. The van der Waals surface area contributed by atoms with E-state index in [1.807, 2.05) is 13.8 Å². The number of carbonyl (C=O) groups excluding carboxylic acids is 1. The molecule has 1 saturated carbocycles. The van der Waals surface area contributed by atoms with Gasteiger partial charge in [-0.25, -0.2) is 4.68 Å². The number of hydrogen-bond acceptors (Lipinski definition) is 3. The van der Waals surface area contributed by atoms with Gasteiger partial charge in [-0.05, 0) is 26.7 Å². The molecule has 0 aromatic carbocycles. The van der Waals surface area contributed by atoms with Gasteiger partial charge in [-0.2, -0.15) is 10.4 Å². The van der Waals surface area contributed by atoms with Gasteiger partial charge in [0.2, 0.25) is 5.91 Å². The highest BCUT2D eigenvalue weighted by Crippen LogP contribution is 2.35. The predicted molar refractivity (Wildman–Crippen MR) is 77.0 cm³/mol. The van der Waals surface area contributed by atoms with Crippen molar-refractivity contribution >= 4 is 11.7 Å². The molecule has 1 N–H and O–H groups in total. The highest BCUT2D eigenvalue weighted by molar-refractivity contribution is 5.96. The van der Waals surface area contributed by atoms with Crippen molar-refractivity contribution in [1.29, 1.82) is 5.26 Å². The fourth-order valence-electron chi connectivity index (χ4n) is 2.78. The Kier molecular flexibility index (Phi) is 4.43. The second-order valence-electron chi connectivity index (χ2n) is 5.82. The van der Waals surface area contributed by atoms with E-state index in [0.717, 1.165) is 25.7 Å². The molecule has 1 aliphatic carbocycles. The molecule has 1 heterocycles. The van der Waals surface area contributed by atoms with Crippen molar-refractivity contribution in [3.63, 3.8) is 0 Å². The molecule has 0 atom stereocenters. The highest BCUT2D eigenvalue weighted by Gasteiger charge is 2.39. The molecule has 1 aliphatic rings. The summed E-state index contributed by atoms with van der Waals surface area (Å²) in [7, 11) is 0. The average Bonchev–Trinajstić information content (AvgIpc) is 2.75. The summed E-state index contributed by atoms with van der Waals surface area (Å²) in [5, 5.41) is 16.6. The average molecular weight is 274 g/mol. The lowest BCUT2D eigenvalue weighted by Crippen LogP contribution is -2.35. The molecular formula is C15H22N4O. The van der Waals surface area contributed by atoms with Gasteiger partial charge in [0, 0.05) is 12.1 Å². The first-order valence-electron chi connectivity index (χ1n) is 7.35. The fourth-order valence-corrected chi connectivity index (χ4v) is 2.78. The number of hydrogen-bond donors (Lipinski definition) is 1. The van der Waals surface area contributed by atoms with Gasteiger partial charge in [0.25, 0.3) is 0 Å². The summed E-state index contributed by atoms with van der Waals surface area (Å²) in [5.74, 6) is 0.494. The van der Waals surface area contributed by atoms with E-state index in [2.05, 4.69) is 16.5 Å². The molecule has 108 valence electrons. The summed E-state index contributed by atoms with van der Waals surface area (Å²) in [6.45, 7) is 4.02. The number of anilines is 1. The van der Waals surface area contributed by atoms with Gasteiger partial charge >= 0.3 is 0 Å². The zero-order chi connectivity index (χ0) is 14.6. The van der Waals surface area contributed by atoms with Gasteiger partial charge in [0.1, 0.15) is 11.2 Å². The van der Waals surface area contributed by atoms with Crippen molar-refractivity contribution in [1.82, 2.24) is 9.78 Å². The smallest absolute Gasteiger partial charge is 0.245 e. The van der Waals surface area contributed by atoms with Gasteiger partial charge in [-0.1, -0.05) is 25.7 Å². The summed E-state index contributed by atoms with van der Waals surface area (Å²) in [6, 6.07) is 4.23. The van der Waals surface area contributed by atoms with Crippen LogP contribution in [-0.4, -0.2) is 15.7 Å². The Morgan fingerprint density at radius 2 is 2.05 bits per heavy atom. The molecule has 0 unspecified atom stereocenters. The third kappa shape index (κ3) is 2.84. The van der Waals surface area contributed by atoms with Gasteiger partial charge in [0.15, 0.2) is 0 Å². The Bertz CT molecular complexity index is 504. The SMILES string of the molecule is CC(C)n1nccc1NC(=O)C1(C#N)CCCCCC1. The Morgan fingerprint density at radius 1 is 1.40 bits per heavy atom. The molecule has 0 aliphatic heterocycles. The fraction of sp³-hybridized carbons (Fsp3) is 0.667. The number of carbonyl (C=O) groups is 1. The zero-order valence-electron chi connectivity index (χ0n) is 12.2. The van der Waals surface area contributed by atoms with E-state index in [1.165, 1.54) is 0 Å². The molecule has 20 heavy (non-hydrogen) atoms. The molecule has 1 amide bonds. The van der Waals surface area contributed by atoms with Crippen molar-refractivity contribution in [2.24, 2.45) is 5.41 Å². The largest absolute Gasteiger partial charge is 0.310 e. The van der Waals surface area contributed by atoms with Crippen molar-refractivity contribution < 1.29 is 4.79 Å². The van der Waals surface area contributed by atoms with Gasteiger partial charge < -0.3 is 5.32 Å². The first-order chi connectivity index (χ1) is 9.59. The van der Waals surface area contributed by atoms with Crippen LogP contribution in [0.2, 0.25) is 0 Å². The predicted octanol–water partition coefficient (Wildman–Crippen LogP) is 3.27. The van der Waals surface area contributed by atoms with E-state index >= 15 is 0 Å². The molecule has 0 radical (unpaired) electrons. The minimum atomic E-state index is -0.872. The summed E-state index contributed by atoms with van der Waals surface area (Å²) < 4.78 is 1.76. The van der Waals surface area contributed by atoms with Crippen LogP contribution >= 0.6 is 0 Å². The van der Waals surface area contributed by atoms with Crippen LogP contribution in [0.1, 0.15) is 58.4 Å². The lowest BCUT2D eigenvalue weighted by atomic mass is 9.81. The van der Waals surface area contributed by atoms with E-state index < -0.39 is 5.41 Å². The molecular weight excluding hydrogens is 252 g/mol. The Morgan fingerprint density at radius 3 is 2.60 bits per heavy atom. The lowest BCUT2D eigenvalue weighted by Gasteiger charge is -2.24. The van der Waals surface area contributed by atoms with Crippen LogP contribution in [0.4, 0.5) is 5.82 Å². The first-order valence-corrected chi connectivity index (χ1v) is 7.35. The number of amides is 1. The standard InChI is InChI=1S/C15H22N4O/c1-12(2)19-13(7-10-17-19)18-14(20)15(11-16)8-5-3-4-6-9-15/h7,10,12H,3-6,8-9H2,1-2H3,(H,18,20). The van der Waals surface area contributed by atoms with Crippen molar-refractivity contribution in [2.75, 3.05) is 5.32 Å². The zero-order valence-corrected chi connectivity index (χ0v) is 12.2. The quantitative estimate of drug-likeness (QED) is 0.860. The Balaban J connectivity index is 2.17. The van der Waals surface area contributed by atoms with E-state index in [9.17, 15) is 10.1 Å². The molecule has 1 fully saturated rings. The van der Waals surface area contributed by atoms with E-state index in [4.69, 9.17) is 0 Å². The summed E-state index contributed by atoms with van der Waals surface area (Å²) in [5.41, 5.74) is -0.872. The first kappa shape index (κ1) is 14.6. The second-order valence-corrected chi connectivity index (χ2v) is 5.82. The Labute approximate surface area is 120 Å². The normalized spacial score (nSPS) is 18.3. The molecule has 5 heteroatoms. The maximum Gasteiger partial charge on any atom is 0.245 e. The van der Waals surface area contributed by atoms with E-state index in [0.29, 0.717) is 18.7 Å². The topological polar surface area (TPSA) is 70.7 Å². The summed E-state index contributed by atoms with van der Waals surface area (Å²) in [6.07, 6.45) is 7.11. The third-order valence-electron chi connectivity index (χ3n) is 4.01. The maximum absolute atomic E-state index is 12.6. The van der Waals surface area contributed by atoms with Crippen LogP contribution in [0.5, 0.6) is 0 Å². The van der Waals surface area contributed by atoms with Gasteiger partial charge in [0.05, 0.1) is 12.3 Å². The second kappa shape index (κ2) is 6.08. The molecule has 0 saturated heterocycles. The van der Waals surface area contributed by atoms with Crippen LogP contribution in [0.25, 0.3) is 0 Å². The van der Waals surface area contributed by atoms with Crippen LogP contribution in [0.3, 0.4) is 0 Å². The number of aromatic nitrogens is 2. The van der Waals surface area contributed by atoms with Gasteiger partial charge in [-0.15, -0.1) is 0 Å². The molecule has 1 aromatic rings. The van der Waals surface area contributed by atoms with Gasteiger partial charge in [-0.3, -0.25) is 4.79 Å². The number of nitrogens with one attached hydrogen (secondary N) is 1. The highest BCUT2D eigenvalue weighted by atomic mass is 16.2. The Hall–Kier alpha value is -1.83. The maximum atomic E-state index is 12.6. The summed E-state index contributed by atoms with van der Waals surface area (Å²) >= 11 is 0. The minimum Gasteiger partial charge on any atom is -0.310 e. The number of rotatable bonds is 3. The van der Waals surface area contributed by atoms with E-state index in [1.54, 1.807) is 16.9 Å². The molecule has 0 bridgehead atoms. The number of nitriles is 1.